The summed E-state index contributed by atoms with van der Waals surface area (Å²) < 4.78 is 2.54. The minimum absolute atomic E-state index is 0.249. The first-order valence-corrected chi connectivity index (χ1v) is 5.51. The van der Waals surface area contributed by atoms with Crippen LogP contribution in [0.15, 0.2) is 24.1 Å². The van der Waals surface area contributed by atoms with Crippen LogP contribution < -0.4 is 0 Å². The van der Waals surface area contributed by atoms with Gasteiger partial charge in [-0.2, -0.15) is 0 Å². The molecule has 5 heteroatoms. The molecular formula is C10H8ClNO2S. The molecule has 0 aromatic carbocycles. The second-order valence-electron chi connectivity index (χ2n) is 3.03. The third kappa shape index (κ3) is 1.56. The first-order chi connectivity index (χ1) is 7.15. The SMILES string of the molecule is C=CCn1c(C(=O)O)cc2scc(Cl)c21. The molecule has 0 saturated carbocycles. The summed E-state index contributed by atoms with van der Waals surface area (Å²) >= 11 is 7.44. The number of carboxylic acid groups (broad SMARTS) is 1. The Balaban J connectivity index is 2.75. The number of carbonyl (C=O) groups is 1. The highest BCUT2D eigenvalue weighted by Crippen LogP contribution is 2.32. The molecule has 0 saturated heterocycles. The largest absolute Gasteiger partial charge is 0.477 e. The highest BCUT2D eigenvalue weighted by Gasteiger charge is 2.16. The molecule has 0 atom stereocenters. The number of fused-ring (bicyclic) bond motifs is 1. The molecule has 2 aromatic heterocycles. The quantitative estimate of drug-likeness (QED) is 0.839. The first kappa shape index (κ1) is 10.3. The lowest BCUT2D eigenvalue weighted by molar-refractivity contribution is 0.0686. The van der Waals surface area contributed by atoms with E-state index in [0.717, 1.165) is 10.2 Å². The Morgan fingerprint density at radius 2 is 2.47 bits per heavy atom. The molecule has 2 aromatic rings. The topological polar surface area (TPSA) is 42.2 Å². The molecule has 0 aliphatic heterocycles. The summed E-state index contributed by atoms with van der Waals surface area (Å²) in [6.45, 7) is 4.05. The van der Waals surface area contributed by atoms with E-state index >= 15 is 0 Å². The van der Waals surface area contributed by atoms with Gasteiger partial charge < -0.3 is 9.67 Å². The molecular weight excluding hydrogens is 234 g/mol. The van der Waals surface area contributed by atoms with Crippen LogP contribution in [0.2, 0.25) is 5.02 Å². The Morgan fingerprint density at radius 1 is 1.73 bits per heavy atom. The standard InChI is InChI=1S/C10H8ClNO2S/c1-2-3-12-7(10(13)14)4-8-9(12)6(11)5-15-8/h2,4-5H,1,3H2,(H,13,14). The van der Waals surface area contributed by atoms with Crippen molar-refractivity contribution in [3.8, 4) is 0 Å². The highest BCUT2D eigenvalue weighted by atomic mass is 35.5. The van der Waals surface area contributed by atoms with E-state index in [1.807, 2.05) is 0 Å². The Hall–Kier alpha value is -1.26. The fraction of sp³-hybridized carbons (Fsp3) is 0.100. The van der Waals surface area contributed by atoms with E-state index in [2.05, 4.69) is 6.58 Å². The number of aromatic carboxylic acids is 1. The van der Waals surface area contributed by atoms with Gasteiger partial charge in [0.05, 0.1) is 15.2 Å². The normalized spacial score (nSPS) is 10.7. The number of hydrogen-bond donors (Lipinski definition) is 1. The molecule has 0 radical (unpaired) electrons. The zero-order valence-corrected chi connectivity index (χ0v) is 9.31. The summed E-state index contributed by atoms with van der Waals surface area (Å²) in [5, 5.41) is 11.4. The van der Waals surface area contributed by atoms with Gasteiger partial charge in [-0.25, -0.2) is 4.79 Å². The maximum absolute atomic E-state index is 11.0. The molecule has 78 valence electrons. The van der Waals surface area contributed by atoms with Gasteiger partial charge in [-0.05, 0) is 6.07 Å². The minimum Gasteiger partial charge on any atom is -0.477 e. The fourth-order valence-corrected chi connectivity index (χ4v) is 2.77. The van der Waals surface area contributed by atoms with Crippen molar-refractivity contribution in [2.75, 3.05) is 0 Å². The van der Waals surface area contributed by atoms with Crippen molar-refractivity contribution in [3.05, 3.63) is 34.8 Å². The zero-order valence-electron chi connectivity index (χ0n) is 7.74. The van der Waals surface area contributed by atoms with Gasteiger partial charge in [-0.1, -0.05) is 17.7 Å². The number of rotatable bonds is 3. The predicted molar refractivity (Wildman–Crippen MR) is 62.0 cm³/mol. The van der Waals surface area contributed by atoms with E-state index in [-0.39, 0.29) is 5.69 Å². The van der Waals surface area contributed by atoms with Crippen LogP contribution in [-0.4, -0.2) is 15.6 Å². The summed E-state index contributed by atoms with van der Waals surface area (Å²) in [5.74, 6) is -0.948. The van der Waals surface area contributed by atoms with Gasteiger partial charge in [0.15, 0.2) is 0 Å². The molecule has 0 aliphatic rings. The summed E-state index contributed by atoms with van der Waals surface area (Å²) in [4.78, 5) is 11.0. The van der Waals surface area contributed by atoms with E-state index in [1.165, 1.54) is 11.3 Å². The van der Waals surface area contributed by atoms with Gasteiger partial charge in [-0.15, -0.1) is 17.9 Å². The summed E-state index contributed by atoms with van der Waals surface area (Å²) in [6, 6.07) is 1.64. The smallest absolute Gasteiger partial charge is 0.352 e. The minimum atomic E-state index is -0.948. The second kappa shape index (κ2) is 3.72. The highest BCUT2D eigenvalue weighted by molar-refractivity contribution is 7.17. The Labute approximate surface area is 95.2 Å². The van der Waals surface area contributed by atoms with E-state index in [1.54, 1.807) is 22.1 Å². The van der Waals surface area contributed by atoms with Crippen LogP contribution in [0.4, 0.5) is 0 Å². The molecule has 0 bridgehead atoms. The van der Waals surface area contributed by atoms with Crippen LogP contribution in [0.1, 0.15) is 10.5 Å². The van der Waals surface area contributed by atoms with Crippen molar-refractivity contribution in [3.63, 3.8) is 0 Å². The first-order valence-electron chi connectivity index (χ1n) is 4.25. The summed E-state index contributed by atoms with van der Waals surface area (Å²) in [6.07, 6.45) is 1.65. The van der Waals surface area contributed by atoms with Crippen LogP contribution in [0, 0.1) is 0 Å². The van der Waals surface area contributed by atoms with Crippen LogP contribution in [-0.2, 0) is 6.54 Å². The van der Waals surface area contributed by atoms with Gasteiger partial charge in [0, 0.05) is 11.9 Å². The fourth-order valence-electron chi connectivity index (χ4n) is 1.53. The molecule has 0 spiro atoms. The number of halogens is 1. The molecule has 0 amide bonds. The monoisotopic (exact) mass is 241 g/mol. The number of allylic oxidation sites excluding steroid dienone is 1. The lowest BCUT2D eigenvalue weighted by atomic mass is 10.4. The van der Waals surface area contributed by atoms with Crippen molar-refractivity contribution in [2.45, 2.75) is 6.54 Å². The van der Waals surface area contributed by atoms with E-state index < -0.39 is 5.97 Å². The zero-order chi connectivity index (χ0) is 11.0. The number of hydrogen-bond acceptors (Lipinski definition) is 2. The van der Waals surface area contributed by atoms with Crippen molar-refractivity contribution in [2.24, 2.45) is 0 Å². The van der Waals surface area contributed by atoms with Gasteiger partial charge in [0.1, 0.15) is 5.69 Å². The maximum atomic E-state index is 11.0. The van der Waals surface area contributed by atoms with Gasteiger partial charge in [0.25, 0.3) is 0 Å². The lowest BCUT2D eigenvalue weighted by Crippen LogP contribution is -2.07. The van der Waals surface area contributed by atoms with Gasteiger partial charge in [0.2, 0.25) is 0 Å². The lowest BCUT2D eigenvalue weighted by Gasteiger charge is -2.03. The molecule has 0 unspecified atom stereocenters. The summed E-state index contributed by atoms with van der Waals surface area (Å²) in [7, 11) is 0. The summed E-state index contributed by atoms with van der Waals surface area (Å²) in [5.41, 5.74) is 1.03. The Morgan fingerprint density at radius 3 is 3.07 bits per heavy atom. The van der Waals surface area contributed by atoms with Crippen LogP contribution >= 0.6 is 22.9 Å². The molecule has 2 rings (SSSR count). The molecule has 15 heavy (non-hydrogen) atoms. The third-order valence-electron chi connectivity index (χ3n) is 2.11. The Kier molecular flexibility index (Phi) is 2.54. The molecule has 0 aliphatic carbocycles. The predicted octanol–water partition coefficient (Wildman–Crippen LogP) is 3.24. The van der Waals surface area contributed by atoms with Gasteiger partial charge in [-0.3, -0.25) is 0 Å². The van der Waals surface area contributed by atoms with E-state index in [0.29, 0.717) is 11.6 Å². The second-order valence-corrected chi connectivity index (χ2v) is 4.35. The van der Waals surface area contributed by atoms with Gasteiger partial charge >= 0.3 is 5.97 Å². The number of aromatic nitrogens is 1. The van der Waals surface area contributed by atoms with Crippen LogP contribution in [0.25, 0.3) is 10.2 Å². The van der Waals surface area contributed by atoms with Crippen LogP contribution in [0.5, 0.6) is 0 Å². The van der Waals surface area contributed by atoms with Crippen molar-refractivity contribution >= 4 is 39.1 Å². The van der Waals surface area contributed by atoms with Crippen molar-refractivity contribution in [1.29, 1.82) is 0 Å². The van der Waals surface area contributed by atoms with Crippen molar-refractivity contribution < 1.29 is 9.90 Å². The number of thiophene rings is 1. The van der Waals surface area contributed by atoms with E-state index in [4.69, 9.17) is 16.7 Å². The molecule has 0 fully saturated rings. The number of nitrogens with zero attached hydrogens (tertiary/aromatic N) is 1. The molecule has 2 heterocycles. The molecule has 1 N–H and O–H groups in total. The van der Waals surface area contributed by atoms with E-state index in [9.17, 15) is 4.79 Å². The average Bonchev–Trinajstić information content (AvgIpc) is 2.69. The van der Waals surface area contributed by atoms with Crippen molar-refractivity contribution in [1.82, 2.24) is 4.57 Å². The maximum Gasteiger partial charge on any atom is 0.352 e. The average molecular weight is 242 g/mol. The third-order valence-corrected chi connectivity index (χ3v) is 3.44. The number of carboxylic acids is 1. The van der Waals surface area contributed by atoms with Crippen LogP contribution in [0.3, 0.4) is 0 Å². The Bertz CT molecular complexity index is 541. The molecule has 3 nitrogen and oxygen atoms in total.